The minimum absolute atomic E-state index is 0.0485. The van der Waals surface area contributed by atoms with Crippen LogP contribution in [0.5, 0.6) is 0 Å². The molecule has 0 heterocycles. The number of carbonyl (C=O) groups is 1. The van der Waals surface area contributed by atoms with Crippen molar-refractivity contribution < 1.29 is 9.90 Å². The molecule has 2 atom stereocenters. The largest absolute Gasteiger partial charge is 0.393 e. The predicted octanol–water partition coefficient (Wildman–Crippen LogP) is 2.97. The van der Waals surface area contributed by atoms with Crippen LogP contribution >= 0.6 is 0 Å². The van der Waals surface area contributed by atoms with E-state index < -0.39 is 0 Å². The molecule has 2 rings (SSSR count). The second kappa shape index (κ2) is 7.72. The molecule has 0 saturated heterocycles. The molecule has 110 valence electrons. The van der Waals surface area contributed by atoms with E-state index in [1.54, 1.807) is 6.92 Å². The zero-order chi connectivity index (χ0) is 15.1. The summed E-state index contributed by atoms with van der Waals surface area (Å²) in [7, 11) is 0. The smallest absolute Gasteiger partial charge is 0.184 e. The van der Waals surface area contributed by atoms with Crippen molar-refractivity contribution in [1.29, 1.82) is 0 Å². The van der Waals surface area contributed by atoms with Crippen molar-refractivity contribution in [3.63, 3.8) is 0 Å². The third-order valence-corrected chi connectivity index (χ3v) is 3.36. The highest BCUT2D eigenvalue weighted by Crippen LogP contribution is 2.18. The van der Waals surface area contributed by atoms with Crippen molar-refractivity contribution in [1.82, 2.24) is 5.32 Å². The SMILES string of the molecule is C[C@H](O)CCN[C@H](C(=O)c1ccccc1)c1ccccc1. The molecular weight excluding hydrogens is 262 g/mol. The molecule has 0 amide bonds. The molecule has 0 saturated carbocycles. The van der Waals surface area contributed by atoms with Gasteiger partial charge in [0.1, 0.15) is 0 Å². The average Bonchev–Trinajstić information content (AvgIpc) is 2.52. The van der Waals surface area contributed by atoms with Crippen LogP contribution in [-0.4, -0.2) is 23.5 Å². The molecule has 0 aliphatic heterocycles. The average molecular weight is 283 g/mol. The molecular formula is C18H21NO2. The number of aliphatic hydroxyl groups is 1. The zero-order valence-corrected chi connectivity index (χ0v) is 12.2. The standard InChI is InChI=1S/C18H21NO2/c1-14(20)12-13-19-17(15-8-4-2-5-9-15)18(21)16-10-6-3-7-11-16/h2-11,14,17,19-20H,12-13H2,1H3/t14-,17-/m0/s1. The van der Waals surface area contributed by atoms with Crippen molar-refractivity contribution in [2.24, 2.45) is 0 Å². The van der Waals surface area contributed by atoms with Gasteiger partial charge in [-0.1, -0.05) is 60.7 Å². The van der Waals surface area contributed by atoms with Crippen molar-refractivity contribution in [3.8, 4) is 0 Å². The van der Waals surface area contributed by atoms with Crippen LogP contribution in [0.15, 0.2) is 60.7 Å². The lowest BCUT2D eigenvalue weighted by molar-refractivity contribution is 0.0938. The highest BCUT2D eigenvalue weighted by molar-refractivity contribution is 6.00. The summed E-state index contributed by atoms with van der Waals surface area (Å²) in [4.78, 5) is 12.7. The molecule has 2 N–H and O–H groups in total. The van der Waals surface area contributed by atoms with Crippen LogP contribution in [0.1, 0.15) is 35.3 Å². The Kier molecular flexibility index (Phi) is 5.67. The molecule has 0 spiro atoms. The Morgan fingerprint density at radius 3 is 2.19 bits per heavy atom. The van der Waals surface area contributed by atoms with Gasteiger partial charge in [-0.2, -0.15) is 0 Å². The fourth-order valence-electron chi connectivity index (χ4n) is 2.21. The van der Waals surface area contributed by atoms with Gasteiger partial charge in [-0.25, -0.2) is 0 Å². The van der Waals surface area contributed by atoms with E-state index in [4.69, 9.17) is 0 Å². The Labute approximate surface area is 125 Å². The molecule has 0 bridgehead atoms. The molecule has 21 heavy (non-hydrogen) atoms. The number of benzene rings is 2. The van der Waals surface area contributed by atoms with Gasteiger partial charge in [0.25, 0.3) is 0 Å². The number of nitrogens with one attached hydrogen (secondary N) is 1. The fourth-order valence-corrected chi connectivity index (χ4v) is 2.21. The highest BCUT2D eigenvalue weighted by atomic mass is 16.3. The van der Waals surface area contributed by atoms with Gasteiger partial charge >= 0.3 is 0 Å². The molecule has 0 unspecified atom stereocenters. The first-order valence-corrected chi connectivity index (χ1v) is 7.24. The van der Waals surface area contributed by atoms with Crippen LogP contribution in [0.4, 0.5) is 0 Å². The van der Waals surface area contributed by atoms with Gasteiger partial charge in [0.05, 0.1) is 12.1 Å². The summed E-state index contributed by atoms with van der Waals surface area (Å²) < 4.78 is 0. The summed E-state index contributed by atoms with van der Waals surface area (Å²) in [6.45, 7) is 2.34. The van der Waals surface area contributed by atoms with Crippen LogP contribution in [0, 0.1) is 0 Å². The lowest BCUT2D eigenvalue weighted by Gasteiger charge is -2.19. The summed E-state index contributed by atoms with van der Waals surface area (Å²) in [6.07, 6.45) is 0.242. The summed E-state index contributed by atoms with van der Waals surface area (Å²) in [5.41, 5.74) is 1.63. The minimum Gasteiger partial charge on any atom is -0.393 e. The highest BCUT2D eigenvalue weighted by Gasteiger charge is 2.21. The Balaban J connectivity index is 2.17. The van der Waals surface area contributed by atoms with E-state index in [2.05, 4.69) is 5.32 Å². The lowest BCUT2D eigenvalue weighted by Crippen LogP contribution is -2.30. The van der Waals surface area contributed by atoms with Gasteiger partial charge in [-0.3, -0.25) is 4.79 Å². The summed E-state index contributed by atoms with van der Waals surface area (Å²) in [5.74, 6) is 0.0485. The molecule has 3 heteroatoms. The number of ketones is 1. The first kappa shape index (κ1) is 15.4. The molecule has 0 aromatic heterocycles. The number of hydrogen-bond acceptors (Lipinski definition) is 3. The number of hydrogen-bond donors (Lipinski definition) is 2. The number of Topliss-reactive ketones (excluding diaryl/α,β-unsaturated/α-hetero) is 1. The molecule has 2 aromatic rings. The zero-order valence-electron chi connectivity index (χ0n) is 12.2. The number of aliphatic hydroxyl groups excluding tert-OH is 1. The van der Waals surface area contributed by atoms with Crippen LogP contribution in [-0.2, 0) is 0 Å². The maximum atomic E-state index is 12.7. The van der Waals surface area contributed by atoms with Crippen LogP contribution in [0.25, 0.3) is 0 Å². The Morgan fingerprint density at radius 2 is 1.62 bits per heavy atom. The molecule has 0 fully saturated rings. The topological polar surface area (TPSA) is 49.3 Å². The van der Waals surface area contributed by atoms with E-state index in [9.17, 15) is 9.90 Å². The molecule has 0 aliphatic carbocycles. The number of carbonyl (C=O) groups excluding carboxylic acids is 1. The summed E-state index contributed by atoms with van der Waals surface area (Å²) >= 11 is 0. The second-order valence-corrected chi connectivity index (χ2v) is 5.17. The monoisotopic (exact) mass is 283 g/mol. The fraction of sp³-hybridized carbons (Fsp3) is 0.278. The minimum atomic E-state index is -0.382. The maximum Gasteiger partial charge on any atom is 0.184 e. The van der Waals surface area contributed by atoms with Crippen LogP contribution < -0.4 is 5.32 Å². The normalized spacial score (nSPS) is 13.6. The molecule has 3 nitrogen and oxygen atoms in total. The van der Waals surface area contributed by atoms with Gasteiger partial charge in [0, 0.05) is 5.56 Å². The van der Waals surface area contributed by atoms with Crippen molar-refractivity contribution in [2.75, 3.05) is 6.54 Å². The maximum absolute atomic E-state index is 12.7. The third-order valence-electron chi connectivity index (χ3n) is 3.36. The van der Waals surface area contributed by atoms with E-state index in [1.165, 1.54) is 0 Å². The Hall–Kier alpha value is -1.97. The van der Waals surface area contributed by atoms with E-state index in [-0.39, 0.29) is 17.9 Å². The quantitative estimate of drug-likeness (QED) is 0.768. The van der Waals surface area contributed by atoms with Crippen LogP contribution in [0.2, 0.25) is 0 Å². The third kappa shape index (κ3) is 4.52. The summed E-state index contributed by atoms with van der Waals surface area (Å²) in [5, 5.41) is 12.6. The van der Waals surface area contributed by atoms with Crippen molar-refractivity contribution in [2.45, 2.75) is 25.5 Å². The van der Waals surface area contributed by atoms with Crippen molar-refractivity contribution >= 4 is 5.78 Å². The molecule has 0 aliphatic rings. The van der Waals surface area contributed by atoms with Gasteiger partial charge in [-0.15, -0.1) is 0 Å². The summed E-state index contributed by atoms with van der Waals surface area (Å²) in [6, 6.07) is 18.6. The first-order valence-electron chi connectivity index (χ1n) is 7.24. The van der Waals surface area contributed by atoms with Gasteiger partial charge in [0.15, 0.2) is 5.78 Å². The van der Waals surface area contributed by atoms with E-state index in [0.717, 1.165) is 5.56 Å². The Morgan fingerprint density at radius 1 is 1.05 bits per heavy atom. The van der Waals surface area contributed by atoms with E-state index >= 15 is 0 Å². The van der Waals surface area contributed by atoms with E-state index in [0.29, 0.717) is 18.5 Å². The molecule has 0 radical (unpaired) electrons. The first-order chi connectivity index (χ1) is 10.2. The second-order valence-electron chi connectivity index (χ2n) is 5.17. The van der Waals surface area contributed by atoms with Crippen molar-refractivity contribution in [3.05, 3.63) is 71.8 Å². The van der Waals surface area contributed by atoms with Gasteiger partial charge < -0.3 is 10.4 Å². The lowest BCUT2D eigenvalue weighted by atomic mass is 9.97. The Bertz CT molecular complexity index is 552. The van der Waals surface area contributed by atoms with Crippen LogP contribution in [0.3, 0.4) is 0 Å². The number of rotatable bonds is 7. The van der Waals surface area contributed by atoms with Gasteiger partial charge in [0.2, 0.25) is 0 Å². The molecule has 2 aromatic carbocycles. The van der Waals surface area contributed by atoms with E-state index in [1.807, 2.05) is 60.7 Å². The van der Waals surface area contributed by atoms with Gasteiger partial charge in [-0.05, 0) is 25.5 Å². The predicted molar refractivity (Wildman–Crippen MR) is 84.3 cm³/mol.